The highest BCUT2D eigenvalue weighted by Gasteiger charge is 2.44. The number of rotatable bonds is 5. The lowest BCUT2D eigenvalue weighted by atomic mass is 9.77. The van der Waals surface area contributed by atoms with Crippen LogP contribution in [0.1, 0.15) is 40.5 Å². The van der Waals surface area contributed by atoms with Gasteiger partial charge in [-0.15, -0.1) is 0 Å². The van der Waals surface area contributed by atoms with Gasteiger partial charge in [-0.1, -0.05) is 27.7 Å². The van der Waals surface area contributed by atoms with Crippen molar-refractivity contribution in [3.63, 3.8) is 0 Å². The summed E-state index contributed by atoms with van der Waals surface area (Å²) in [6, 6.07) is 0. The van der Waals surface area contributed by atoms with E-state index in [1.54, 1.807) is 13.8 Å². The molecule has 2 aliphatic rings. The molecule has 2 fully saturated rings. The van der Waals surface area contributed by atoms with Gasteiger partial charge in [0.15, 0.2) is 0 Å². The molecule has 0 amide bonds. The van der Waals surface area contributed by atoms with Crippen LogP contribution in [0.3, 0.4) is 0 Å². The first-order chi connectivity index (χ1) is 10.2. The number of carbonyl (C=O) groups is 4. The highest BCUT2D eigenvalue weighted by Crippen LogP contribution is 2.36. The zero-order valence-electron chi connectivity index (χ0n) is 13.3. The van der Waals surface area contributed by atoms with Crippen LogP contribution in [0.2, 0.25) is 0 Å². The Morgan fingerprint density at radius 1 is 0.727 bits per heavy atom. The van der Waals surface area contributed by atoms with Crippen molar-refractivity contribution in [2.45, 2.75) is 40.5 Å². The molecule has 0 aromatic carbocycles. The van der Waals surface area contributed by atoms with E-state index in [2.05, 4.69) is 9.47 Å². The molecular weight excluding hydrogens is 288 g/mol. The zero-order chi connectivity index (χ0) is 16.6. The molecule has 0 aromatic heterocycles. The fourth-order valence-corrected chi connectivity index (χ4v) is 3.14. The lowest BCUT2D eigenvalue weighted by Gasteiger charge is -2.24. The molecule has 2 heterocycles. The molecule has 6 heteroatoms. The smallest absolute Gasteiger partial charge is 0.317 e. The van der Waals surface area contributed by atoms with Crippen molar-refractivity contribution < 1.29 is 28.7 Å². The number of cyclic esters (lactones) is 4. The minimum atomic E-state index is -0.464. The molecule has 0 saturated carbocycles. The number of carbonyl (C=O) groups excluding carboxylic acids is 4. The lowest BCUT2D eigenvalue weighted by Crippen LogP contribution is -2.24. The normalized spacial score (nSPS) is 34.5. The van der Waals surface area contributed by atoms with E-state index in [1.807, 2.05) is 13.8 Å². The fourth-order valence-electron chi connectivity index (χ4n) is 3.14. The highest BCUT2D eigenvalue weighted by molar-refractivity contribution is 5.96. The van der Waals surface area contributed by atoms with Crippen LogP contribution in [0.5, 0.6) is 0 Å². The standard InChI is InChI=1S/C16H22O6/c1-7(5-11-9(3)13(17)21-15(11)19)8(2)6-12-10(4)14(18)22-16(12)20/h7-12H,5-6H2,1-4H3. The first kappa shape index (κ1) is 16.6. The van der Waals surface area contributed by atoms with E-state index in [1.165, 1.54) is 0 Å². The second-order valence-electron chi connectivity index (χ2n) is 6.70. The molecule has 2 saturated heterocycles. The topological polar surface area (TPSA) is 86.7 Å². The highest BCUT2D eigenvalue weighted by atomic mass is 16.6. The maximum Gasteiger partial charge on any atom is 0.317 e. The summed E-state index contributed by atoms with van der Waals surface area (Å²) in [5, 5.41) is 0. The van der Waals surface area contributed by atoms with Crippen molar-refractivity contribution in [3.05, 3.63) is 0 Å². The van der Waals surface area contributed by atoms with Crippen LogP contribution in [-0.4, -0.2) is 23.9 Å². The van der Waals surface area contributed by atoms with Crippen LogP contribution in [-0.2, 0) is 28.7 Å². The number of esters is 4. The van der Waals surface area contributed by atoms with Crippen LogP contribution >= 0.6 is 0 Å². The van der Waals surface area contributed by atoms with Crippen LogP contribution in [0.4, 0.5) is 0 Å². The summed E-state index contributed by atoms with van der Waals surface area (Å²) in [6.07, 6.45) is 1.08. The third kappa shape index (κ3) is 3.05. The number of ether oxygens (including phenoxy) is 2. The van der Waals surface area contributed by atoms with Gasteiger partial charge in [-0.05, 0) is 24.7 Å². The molecule has 2 aliphatic heterocycles. The van der Waals surface area contributed by atoms with Crippen LogP contribution in [0.15, 0.2) is 0 Å². The van der Waals surface area contributed by atoms with Gasteiger partial charge in [0, 0.05) is 0 Å². The second kappa shape index (κ2) is 6.18. The van der Waals surface area contributed by atoms with Gasteiger partial charge in [0.1, 0.15) is 0 Å². The lowest BCUT2D eigenvalue weighted by molar-refractivity contribution is -0.155. The van der Waals surface area contributed by atoms with Gasteiger partial charge in [-0.2, -0.15) is 0 Å². The summed E-state index contributed by atoms with van der Waals surface area (Å²) >= 11 is 0. The predicted octanol–water partition coefficient (Wildman–Crippen LogP) is 1.71. The van der Waals surface area contributed by atoms with Crippen molar-refractivity contribution in [1.82, 2.24) is 0 Å². The Labute approximate surface area is 129 Å². The molecule has 122 valence electrons. The Balaban J connectivity index is 1.94. The monoisotopic (exact) mass is 310 g/mol. The third-order valence-electron chi connectivity index (χ3n) is 5.18. The summed E-state index contributed by atoms with van der Waals surface area (Å²) in [5.74, 6) is -3.26. The Morgan fingerprint density at radius 3 is 1.27 bits per heavy atom. The van der Waals surface area contributed by atoms with Gasteiger partial charge in [0.2, 0.25) is 0 Å². The SMILES string of the molecule is CC(CC1C(=O)OC(=O)C1C)C(C)CC1C(=O)OC(=O)C1C. The van der Waals surface area contributed by atoms with Crippen molar-refractivity contribution in [1.29, 1.82) is 0 Å². The maximum atomic E-state index is 11.7. The van der Waals surface area contributed by atoms with E-state index in [4.69, 9.17) is 0 Å². The molecule has 0 spiro atoms. The van der Waals surface area contributed by atoms with Gasteiger partial charge in [-0.3, -0.25) is 19.2 Å². The van der Waals surface area contributed by atoms with E-state index < -0.39 is 47.5 Å². The van der Waals surface area contributed by atoms with Crippen molar-refractivity contribution in [2.75, 3.05) is 0 Å². The molecule has 0 aliphatic carbocycles. The molecule has 2 rings (SSSR count). The molecule has 6 unspecified atom stereocenters. The molecule has 6 nitrogen and oxygen atoms in total. The zero-order valence-corrected chi connectivity index (χ0v) is 13.3. The average molecular weight is 310 g/mol. The molecule has 0 N–H and O–H groups in total. The molecule has 6 atom stereocenters. The largest absolute Gasteiger partial charge is 0.393 e. The minimum Gasteiger partial charge on any atom is -0.393 e. The summed E-state index contributed by atoms with van der Waals surface area (Å²) in [5.41, 5.74) is 0. The van der Waals surface area contributed by atoms with Gasteiger partial charge in [-0.25, -0.2) is 0 Å². The van der Waals surface area contributed by atoms with E-state index >= 15 is 0 Å². The van der Waals surface area contributed by atoms with E-state index in [9.17, 15) is 19.2 Å². The first-order valence-electron chi connectivity index (χ1n) is 7.73. The quantitative estimate of drug-likeness (QED) is 0.567. The number of hydrogen-bond acceptors (Lipinski definition) is 6. The Hall–Kier alpha value is -1.72. The van der Waals surface area contributed by atoms with Gasteiger partial charge >= 0.3 is 23.9 Å². The predicted molar refractivity (Wildman–Crippen MR) is 75.1 cm³/mol. The molecule has 0 bridgehead atoms. The molecular formula is C16H22O6. The molecule has 22 heavy (non-hydrogen) atoms. The summed E-state index contributed by atoms with van der Waals surface area (Å²) in [4.78, 5) is 46.2. The summed E-state index contributed by atoms with van der Waals surface area (Å²) < 4.78 is 9.30. The average Bonchev–Trinajstić information content (AvgIpc) is 2.82. The van der Waals surface area contributed by atoms with E-state index in [0.717, 1.165) is 0 Å². The summed E-state index contributed by atoms with van der Waals surface area (Å²) in [6.45, 7) is 7.37. The second-order valence-corrected chi connectivity index (χ2v) is 6.70. The molecule has 0 aromatic rings. The molecule has 0 radical (unpaired) electrons. The van der Waals surface area contributed by atoms with Crippen molar-refractivity contribution in [2.24, 2.45) is 35.5 Å². The van der Waals surface area contributed by atoms with Crippen LogP contribution < -0.4 is 0 Å². The van der Waals surface area contributed by atoms with Crippen molar-refractivity contribution in [3.8, 4) is 0 Å². The van der Waals surface area contributed by atoms with Crippen LogP contribution in [0.25, 0.3) is 0 Å². The first-order valence-corrected chi connectivity index (χ1v) is 7.73. The Kier molecular flexibility index (Phi) is 4.68. The van der Waals surface area contributed by atoms with Gasteiger partial charge < -0.3 is 9.47 Å². The maximum absolute atomic E-state index is 11.7. The van der Waals surface area contributed by atoms with E-state index in [0.29, 0.717) is 12.8 Å². The Morgan fingerprint density at radius 2 is 1.05 bits per heavy atom. The van der Waals surface area contributed by atoms with E-state index in [-0.39, 0.29) is 11.8 Å². The van der Waals surface area contributed by atoms with Crippen LogP contribution in [0, 0.1) is 35.5 Å². The fraction of sp³-hybridized carbons (Fsp3) is 0.750. The minimum absolute atomic E-state index is 0.126. The van der Waals surface area contributed by atoms with Gasteiger partial charge in [0.25, 0.3) is 0 Å². The third-order valence-corrected chi connectivity index (χ3v) is 5.18. The van der Waals surface area contributed by atoms with Gasteiger partial charge in [0.05, 0.1) is 23.7 Å². The van der Waals surface area contributed by atoms with Crippen molar-refractivity contribution >= 4 is 23.9 Å². The number of hydrogen-bond donors (Lipinski definition) is 0. The Bertz CT molecular complexity index is 465. The summed E-state index contributed by atoms with van der Waals surface area (Å²) in [7, 11) is 0.